The maximum absolute atomic E-state index is 4.42. The van der Waals surface area contributed by atoms with E-state index >= 15 is 0 Å². The normalized spacial score (nSPS) is 10.6. The lowest BCUT2D eigenvalue weighted by Crippen LogP contribution is -2.12. The molecule has 0 aliphatic heterocycles. The summed E-state index contributed by atoms with van der Waals surface area (Å²) < 4.78 is 0. The minimum Gasteiger partial charge on any atom is -0.313 e. The monoisotopic (exact) mass is 273 g/mol. The molecule has 100 valence electrons. The predicted molar refractivity (Wildman–Crippen MR) is 81.2 cm³/mol. The van der Waals surface area contributed by atoms with E-state index in [0.29, 0.717) is 0 Å². The van der Waals surface area contributed by atoms with E-state index in [-0.39, 0.29) is 0 Å². The van der Waals surface area contributed by atoms with Crippen molar-refractivity contribution in [1.29, 1.82) is 0 Å². The van der Waals surface area contributed by atoms with Gasteiger partial charge in [0.1, 0.15) is 0 Å². The van der Waals surface area contributed by atoms with Crippen molar-refractivity contribution in [3.8, 4) is 11.4 Å². The van der Waals surface area contributed by atoms with Crippen molar-refractivity contribution >= 4 is 11.8 Å². The maximum atomic E-state index is 4.42. The molecule has 0 unspecified atom stereocenters. The van der Waals surface area contributed by atoms with Gasteiger partial charge in [0.15, 0.2) is 5.82 Å². The van der Waals surface area contributed by atoms with Crippen LogP contribution in [0.3, 0.4) is 0 Å². The third kappa shape index (κ3) is 4.04. The minimum atomic E-state index is 0.785. The van der Waals surface area contributed by atoms with Crippen molar-refractivity contribution in [2.75, 3.05) is 12.3 Å². The second kappa shape index (κ2) is 7.26. The molecule has 0 radical (unpaired) electrons. The summed E-state index contributed by atoms with van der Waals surface area (Å²) in [5.41, 5.74) is 2.18. The second-order valence-electron chi connectivity index (χ2n) is 4.15. The highest BCUT2D eigenvalue weighted by molar-refractivity contribution is 7.99. The Kier molecular flexibility index (Phi) is 5.36. The van der Waals surface area contributed by atoms with Crippen LogP contribution in [0, 0.1) is 0 Å². The van der Waals surface area contributed by atoms with E-state index in [1.54, 1.807) is 0 Å². The molecule has 1 heterocycles. The van der Waals surface area contributed by atoms with Gasteiger partial charge in [-0.2, -0.15) is 0 Å². The number of benzene rings is 1. The molecule has 0 atom stereocenters. The van der Waals surface area contributed by atoms with Gasteiger partial charge in [-0.25, -0.2) is 9.97 Å². The molecule has 4 heteroatoms. The molecule has 1 aromatic carbocycles. The third-order valence-electron chi connectivity index (χ3n) is 2.71. The molecule has 0 aliphatic carbocycles. The summed E-state index contributed by atoms with van der Waals surface area (Å²) in [5, 5.41) is 3.26. The van der Waals surface area contributed by atoms with Crippen LogP contribution in [0.2, 0.25) is 0 Å². The Morgan fingerprint density at radius 3 is 2.32 bits per heavy atom. The molecule has 0 fully saturated rings. The van der Waals surface area contributed by atoms with Crippen molar-refractivity contribution in [2.24, 2.45) is 0 Å². The van der Waals surface area contributed by atoms with Crippen LogP contribution in [0.1, 0.15) is 19.4 Å². The van der Waals surface area contributed by atoms with Crippen LogP contribution in [-0.2, 0) is 6.54 Å². The summed E-state index contributed by atoms with van der Waals surface area (Å²) >= 11 is 1.84. The van der Waals surface area contributed by atoms with Gasteiger partial charge >= 0.3 is 0 Å². The Labute approximate surface area is 118 Å². The molecule has 0 spiro atoms. The van der Waals surface area contributed by atoms with Gasteiger partial charge in [-0.3, -0.25) is 0 Å². The van der Waals surface area contributed by atoms with Gasteiger partial charge in [0.25, 0.3) is 0 Å². The predicted octanol–water partition coefficient (Wildman–Crippen LogP) is 3.37. The summed E-state index contributed by atoms with van der Waals surface area (Å²) in [6, 6.07) is 8.41. The zero-order chi connectivity index (χ0) is 13.5. The lowest BCUT2D eigenvalue weighted by atomic mass is 10.2. The Morgan fingerprint density at radius 1 is 1.05 bits per heavy atom. The number of rotatable bonds is 6. The molecule has 1 N–H and O–H groups in total. The first-order valence-electron chi connectivity index (χ1n) is 6.58. The number of hydrogen-bond acceptors (Lipinski definition) is 4. The summed E-state index contributed by atoms with van der Waals surface area (Å²) in [6.45, 7) is 6.02. The fourth-order valence-corrected chi connectivity index (χ4v) is 2.39. The van der Waals surface area contributed by atoms with Gasteiger partial charge in [-0.05, 0) is 24.4 Å². The van der Waals surface area contributed by atoms with Crippen LogP contribution in [0.5, 0.6) is 0 Å². The molecule has 19 heavy (non-hydrogen) atoms. The summed E-state index contributed by atoms with van der Waals surface area (Å²) in [5.74, 6) is 1.88. The van der Waals surface area contributed by atoms with Crippen LogP contribution < -0.4 is 5.32 Å². The highest BCUT2D eigenvalue weighted by atomic mass is 32.2. The summed E-state index contributed by atoms with van der Waals surface area (Å²) in [4.78, 5) is 10.1. The van der Waals surface area contributed by atoms with Crippen LogP contribution in [-0.4, -0.2) is 22.3 Å². The zero-order valence-corrected chi connectivity index (χ0v) is 12.2. The van der Waals surface area contributed by atoms with Crippen LogP contribution in [0.15, 0.2) is 41.6 Å². The van der Waals surface area contributed by atoms with Gasteiger partial charge in [0.2, 0.25) is 0 Å². The minimum absolute atomic E-state index is 0.785. The van der Waals surface area contributed by atoms with E-state index in [4.69, 9.17) is 0 Å². The van der Waals surface area contributed by atoms with Crippen LogP contribution in [0.4, 0.5) is 0 Å². The molecule has 0 saturated carbocycles. The molecule has 1 aromatic heterocycles. The lowest BCUT2D eigenvalue weighted by molar-refractivity contribution is 0.721. The first kappa shape index (κ1) is 14.0. The van der Waals surface area contributed by atoms with Crippen LogP contribution in [0.25, 0.3) is 11.4 Å². The van der Waals surface area contributed by atoms with Crippen molar-refractivity contribution in [1.82, 2.24) is 15.3 Å². The highest BCUT2D eigenvalue weighted by Crippen LogP contribution is 2.21. The van der Waals surface area contributed by atoms with E-state index in [1.807, 2.05) is 24.2 Å². The smallest absolute Gasteiger partial charge is 0.159 e. The summed E-state index contributed by atoms with van der Waals surface area (Å²) in [7, 11) is 0. The van der Waals surface area contributed by atoms with Crippen molar-refractivity contribution in [3.05, 3.63) is 42.2 Å². The average molecular weight is 273 g/mol. The first-order valence-corrected chi connectivity index (χ1v) is 7.57. The molecule has 0 aliphatic rings. The number of aromatic nitrogens is 2. The van der Waals surface area contributed by atoms with E-state index in [2.05, 4.69) is 53.4 Å². The Balaban J connectivity index is 2.08. The molecular formula is C15H19N3S. The summed E-state index contributed by atoms with van der Waals surface area (Å²) in [6.07, 6.45) is 3.78. The Bertz CT molecular complexity index is 494. The van der Waals surface area contributed by atoms with Gasteiger partial charge in [0.05, 0.1) is 0 Å². The molecule has 3 nitrogen and oxygen atoms in total. The molecular weight excluding hydrogens is 254 g/mol. The van der Waals surface area contributed by atoms with E-state index in [0.717, 1.165) is 35.8 Å². The van der Waals surface area contributed by atoms with Gasteiger partial charge in [-0.1, -0.05) is 26.0 Å². The van der Waals surface area contributed by atoms with Crippen molar-refractivity contribution in [3.63, 3.8) is 0 Å². The second-order valence-corrected chi connectivity index (χ2v) is 5.49. The number of thioether (sulfide) groups is 1. The topological polar surface area (TPSA) is 37.8 Å². The first-order chi connectivity index (χ1) is 9.33. The third-order valence-corrected chi connectivity index (χ3v) is 3.60. The van der Waals surface area contributed by atoms with E-state index in [1.165, 1.54) is 4.90 Å². The quantitative estimate of drug-likeness (QED) is 0.819. The number of hydrogen-bond donors (Lipinski definition) is 1. The molecule has 0 bridgehead atoms. The number of nitrogens with one attached hydrogen (secondary N) is 1. The molecule has 0 saturated heterocycles. The lowest BCUT2D eigenvalue weighted by Gasteiger charge is -2.04. The zero-order valence-electron chi connectivity index (χ0n) is 11.4. The van der Waals surface area contributed by atoms with Gasteiger partial charge < -0.3 is 5.32 Å². The average Bonchev–Trinajstić information content (AvgIpc) is 2.47. The molecule has 2 rings (SSSR count). The van der Waals surface area contributed by atoms with Crippen molar-refractivity contribution < 1.29 is 0 Å². The number of nitrogens with zero attached hydrogens (tertiary/aromatic N) is 2. The van der Waals surface area contributed by atoms with Crippen LogP contribution >= 0.6 is 11.8 Å². The standard InChI is InChI=1S/C15H19N3S/c1-3-16-9-12-10-17-15(18-11-12)13-5-7-14(8-6-13)19-4-2/h5-8,10-11,16H,3-4,9H2,1-2H3. The van der Waals surface area contributed by atoms with Gasteiger partial charge in [-0.15, -0.1) is 11.8 Å². The van der Waals surface area contributed by atoms with E-state index < -0.39 is 0 Å². The largest absolute Gasteiger partial charge is 0.313 e. The fourth-order valence-electron chi connectivity index (χ4n) is 1.73. The van der Waals surface area contributed by atoms with Crippen molar-refractivity contribution in [2.45, 2.75) is 25.3 Å². The fraction of sp³-hybridized carbons (Fsp3) is 0.333. The molecule has 0 amide bonds. The highest BCUT2D eigenvalue weighted by Gasteiger charge is 2.01. The Morgan fingerprint density at radius 2 is 1.74 bits per heavy atom. The van der Waals surface area contributed by atoms with Gasteiger partial charge in [0, 0.05) is 35.0 Å². The van der Waals surface area contributed by atoms with E-state index in [9.17, 15) is 0 Å². The SMILES string of the molecule is CCNCc1cnc(-c2ccc(SCC)cc2)nc1. The Hall–Kier alpha value is -1.39. The maximum Gasteiger partial charge on any atom is 0.159 e. The molecule has 2 aromatic rings.